The summed E-state index contributed by atoms with van der Waals surface area (Å²) in [6.45, 7) is 12.4. The molecule has 8 heteroatoms. The van der Waals surface area contributed by atoms with Crippen LogP contribution in [0.2, 0.25) is 5.02 Å². The van der Waals surface area contributed by atoms with Crippen LogP contribution in [0.1, 0.15) is 45.0 Å². The van der Waals surface area contributed by atoms with E-state index in [2.05, 4.69) is 5.32 Å². The van der Waals surface area contributed by atoms with Gasteiger partial charge in [-0.2, -0.15) is 0 Å². The highest BCUT2D eigenvalue weighted by atomic mass is 35.5. The zero-order chi connectivity index (χ0) is 18.4. The van der Waals surface area contributed by atoms with Gasteiger partial charge < -0.3 is 19.5 Å². The van der Waals surface area contributed by atoms with Crippen LogP contribution in [-0.4, -0.2) is 54.8 Å². The zero-order valence-corrected chi connectivity index (χ0v) is 17.5. The highest BCUT2D eigenvalue weighted by Crippen LogP contribution is 2.36. The van der Waals surface area contributed by atoms with Gasteiger partial charge in [0.25, 0.3) is 5.91 Å². The van der Waals surface area contributed by atoms with Gasteiger partial charge >= 0.3 is 7.12 Å². The van der Waals surface area contributed by atoms with E-state index in [4.69, 9.17) is 20.9 Å². The largest absolute Gasteiger partial charge is 0.494 e. The minimum atomic E-state index is -0.482. The molecule has 1 aromatic rings. The number of nitrogens with one attached hydrogen (secondary N) is 1. The van der Waals surface area contributed by atoms with Crippen LogP contribution in [0.4, 0.5) is 0 Å². The van der Waals surface area contributed by atoms with Crippen LogP contribution in [0.5, 0.6) is 0 Å². The highest BCUT2D eigenvalue weighted by Gasteiger charge is 2.51. The lowest BCUT2D eigenvalue weighted by molar-refractivity contribution is 0.00578. The minimum absolute atomic E-state index is 0. The summed E-state index contributed by atoms with van der Waals surface area (Å²) in [6, 6.07) is 5.58. The third-order valence-electron chi connectivity index (χ3n) is 5.51. The first-order chi connectivity index (χ1) is 11.6. The summed E-state index contributed by atoms with van der Waals surface area (Å²) in [6.07, 6.45) is 0. The Labute approximate surface area is 167 Å². The Morgan fingerprint density at radius 3 is 2.42 bits per heavy atom. The van der Waals surface area contributed by atoms with Crippen molar-refractivity contribution in [1.29, 1.82) is 0 Å². The molecule has 1 unspecified atom stereocenters. The van der Waals surface area contributed by atoms with Crippen LogP contribution < -0.4 is 10.8 Å². The van der Waals surface area contributed by atoms with Crippen molar-refractivity contribution in [3.8, 4) is 0 Å². The van der Waals surface area contributed by atoms with E-state index in [1.165, 1.54) is 0 Å². The normalized spacial score (nSPS) is 24.3. The number of carbonyl (C=O) groups is 1. The molecule has 1 N–H and O–H groups in total. The van der Waals surface area contributed by atoms with Gasteiger partial charge in [0.05, 0.1) is 21.8 Å². The van der Waals surface area contributed by atoms with Gasteiger partial charge in [-0.05, 0) is 52.2 Å². The fourth-order valence-electron chi connectivity index (χ4n) is 3.13. The zero-order valence-electron chi connectivity index (χ0n) is 16.0. The smallest absolute Gasteiger partial charge is 0.399 e. The van der Waals surface area contributed by atoms with Gasteiger partial charge in [0.2, 0.25) is 0 Å². The molecule has 1 atom stereocenters. The Morgan fingerprint density at radius 1 is 1.27 bits per heavy atom. The lowest BCUT2D eigenvalue weighted by atomic mass is 9.79. The Bertz CT molecular complexity index is 668. The molecule has 0 saturated carbocycles. The molecule has 2 aliphatic heterocycles. The minimum Gasteiger partial charge on any atom is -0.399 e. The number of nitrogens with zero attached hydrogens (tertiary/aromatic N) is 1. The van der Waals surface area contributed by atoms with Crippen LogP contribution in [-0.2, 0) is 9.31 Å². The number of hydrogen-bond acceptors (Lipinski definition) is 4. The SMILES string of the molecule is CC1CNCCN1C(=O)c1ccc(B2OC(C)(C)C(C)(C)O2)cc1Cl.Cl. The Kier molecular flexibility index (Phi) is 6.36. The summed E-state index contributed by atoms with van der Waals surface area (Å²) >= 11 is 6.44. The molecule has 0 aromatic heterocycles. The first kappa shape index (κ1) is 21.5. The van der Waals surface area contributed by atoms with Crippen molar-refractivity contribution in [2.75, 3.05) is 19.6 Å². The highest BCUT2D eigenvalue weighted by molar-refractivity contribution is 6.62. The van der Waals surface area contributed by atoms with Crippen molar-refractivity contribution in [3.63, 3.8) is 0 Å². The van der Waals surface area contributed by atoms with Crippen molar-refractivity contribution in [3.05, 3.63) is 28.8 Å². The van der Waals surface area contributed by atoms with E-state index in [1.54, 1.807) is 12.1 Å². The average Bonchev–Trinajstić information content (AvgIpc) is 2.75. The third kappa shape index (κ3) is 3.90. The van der Waals surface area contributed by atoms with Gasteiger partial charge in [0, 0.05) is 25.7 Å². The molecule has 0 aliphatic carbocycles. The molecular weight excluding hydrogens is 374 g/mol. The number of halogens is 2. The third-order valence-corrected chi connectivity index (χ3v) is 5.82. The van der Waals surface area contributed by atoms with E-state index in [-0.39, 0.29) is 24.4 Å². The van der Waals surface area contributed by atoms with E-state index in [0.29, 0.717) is 17.1 Å². The Hall–Kier alpha value is -0.785. The van der Waals surface area contributed by atoms with E-state index in [0.717, 1.165) is 18.6 Å². The summed E-state index contributed by atoms with van der Waals surface area (Å²) in [5.74, 6) is -0.0283. The maximum Gasteiger partial charge on any atom is 0.494 e. The summed E-state index contributed by atoms with van der Waals surface area (Å²) in [4.78, 5) is 14.7. The molecular formula is C18H27BCl2N2O3. The Balaban J connectivity index is 0.00000243. The number of rotatable bonds is 2. The number of hydrogen-bond donors (Lipinski definition) is 1. The first-order valence-electron chi connectivity index (χ1n) is 8.79. The molecule has 0 bridgehead atoms. The molecule has 144 valence electrons. The first-order valence-corrected chi connectivity index (χ1v) is 9.17. The van der Waals surface area contributed by atoms with E-state index >= 15 is 0 Å². The van der Waals surface area contributed by atoms with E-state index < -0.39 is 18.3 Å². The molecule has 0 radical (unpaired) electrons. The molecule has 2 fully saturated rings. The lowest BCUT2D eigenvalue weighted by Crippen LogP contribution is -2.52. The Morgan fingerprint density at radius 2 is 1.88 bits per heavy atom. The molecule has 0 spiro atoms. The van der Waals surface area contributed by atoms with Crippen molar-refractivity contribution < 1.29 is 14.1 Å². The maximum atomic E-state index is 12.8. The lowest BCUT2D eigenvalue weighted by Gasteiger charge is -2.34. The second-order valence-electron chi connectivity index (χ2n) is 7.88. The monoisotopic (exact) mass is 400 g/mol. The molecule has 3 rings (SSSR count). The summed E-state index contributed by atoms with van der Waals surface area (Å²) in [5.41, 5.74) is 0.535. The number of amides is 1. The molecule has 2 aliphatic rings. The van der Waals surface area contributed by atoms with Crippen molar-refractivity contribution in [2.24, 2.45) is 0 Å². The summed E-state index contributed by atoms with van der Waals surface area (Å²) in [7, 11) is -0.482. The van der Waals surface area contributed by atoms with Gasteiger partial charge in [-0.1, -0.05) is 17.7 Å². The topological polar surface area (TPSA) is 50.8 Å². The predicted molar refractivity (Wildman–Crippen MR) is 108 cm³/mol. The predicted octanol–water partition coefficient (Wildman–Crippen LogP) is 2.49. The number of carbonyl (C=O) groups excluding carboxylic acids is 1. The second kappa shape index (κ2) is 7.68. The van der Waals surface area contributed by atoms with E-state index in [9.17, 15) is 4.79 Å². The van der Waals surface area contributed by atoms with Crippen LogP contribution in [0.15, 0.2) is 18.2 Å². The molecule has 1 aromatic carbocycles. The van der Waals surface area contributed by atoms with Crippen molar-refractivity contribution in [2.45, 2.75) is 51.9 Å². The fraction of sp³-hybridized carbons (Fsp3) is 0.611. The number of benzene rings is 1. The van der Waals surface area contributed by atoms with Gasteiger partial charge in [0.15, 0.2) is 0 Å². The molecule has 26 heavy (non-hydrogen) atoms. The van der Waals surface area contributed by atoms with Crippen molar-refractivity contribution in [1.82, 2.24) is 10.2 Å². The van der Waals surface area contributed by atoms with Crippen molar-refractivity contribution >= 4 is 42.5 Å². The van der Waals surface area contributed by atoms with Gasteiger partial charge in [0.1, 0.15) is 0 Å². The fourth-order valence-corrected chi connectivity index (χ4v) is 3.40. The van der Waals surface area contributed by atoms with Gasteiger partial charge in [-0.15, -0.1) is 12.4 Å². The summed E-state index contributed by atoms with van der Waals surface area (Å²) in [5, 5.41) is 3.72. The van der Waals surface area contributed by atoms with Gasteiger partial charge in [-0.25, -0.2) is 0 Å². The van der Waals surface area contributed by atoms with Gasteiger partial charge in [-0.3, -0.25) is 4.79 Å². The van der Waals surface area contributed by atoms with Crippen LogP contribution >= 0.6 is 24.0 Å². The quantitative estimate of drug-likeness (QED) is 0.775. The molecule has 2 saturated heterocycles. The molecule has 5 nitrogen and oxygen atoms in total. The molecule has 2 heterocycles. The standard InChI is InChI=1S/C18H26BClN2O3.ClH/c1-12-11-21-8-9-22(12)16(23)14-7-6-13(10-15(14)20)19-24-17(2,3)18(4,5)25-19;/h6-7,10,12,21H,8-9,11H2,1-5H3;1H. The number of piperazine rings is 1. The molecule has 1 amide bonds. The summed E-state index contributed by atoms with van der Waals surface area (Å²) < 4.78 is 12.1. The maximum absolute atomic E-state index is 12.8. The second-order valence-corrected chi connectivity index (χ2v) is 8.29. The van der Waals surface area contributed by atoms with E-state index in [1.807, 2.05) is 45.6 Å². The van der Waals surface area contributed by atoms with Crippen LogP contribution in [0.3, 0.4) is 0 Å². The van der Waals surface area contributed by atoms with Crippen LogP contribution in [0, 0.1) is 0 Å². The van der Waals surface area contributed by atoms with Crippen LogP contribution in [0.25, 0.3) is 0 Å². The average molecular weight is 401 g/mol.